The molecule has 0 bridgehead atoms. The van der Waals surface area contributed by atoms with Gasteiger partial charge in [-0.1, -0.05) is 22.5 Å². The smallest absolute Gasteiger partial charge is 0.410 e. The van der Waals surface area contributed by atoms with Gasteiger partial charge in [-0.3, -0.25) is 0 Å². The van der Waals surface area contributed by atoms with E-state index in [9.17, 15) is 4.79 Å². The van der Waals surface area contributed by atoms with E-state index in [1.807, 2.05) is 0 Å². The summed E-state index contributed by atoms with van der Waals surface area (Å²) in [5.41, 5.74) is -0.783. The van der Waals surface area contributed by atoms with Crippen LogP contribution in [0.1, 0.15) is 29.2 Å². The number of nitrogens with zero attached hydrogens (tertiary/aromatic N) is 4. The Morgan fingerprint density at radius 2 is 2.26 bits per heavy atom. The minimum Gasteiger partial charge on any atom is -0.444 e. The van der Waals surface area contributed by atoms with E-state index in [0.29, 0.717) is 0 Å². The predicted molar refractivity (Wildman–Crippen MR) is 74.9 cm³/mol. The third kappa shape index (κ3) is 3.96. The second kappa shape index (κ2) is 5.61. The van der Waals surface area contributed by atoms with Crippen LogP contribution in [0.25, 0.3) is 4.85 Å². The first-order chi connectivity index (χ1) is 9.41. The number of carbonyl (C=O) groups excluding carboxylic acids is 1. The Labute approximate surface area is 124 Å². The maximum absolute atomic E-state index is 12.0. The third-order valence-electron chi connectivity index (χ3n) is 2.01. The quantitative estimate of drug-likeness (QED) is 0.783. The van der Waals surface area contributed by atoms with Gasteiger partial charge in [-0.25, -0.2) is 4.79 Å². The summed E-state index contributed by atoms with van der Waals surface area (Å²) in [5, 5.41) is 3.98. The summed E-state index contributed by atoms with van der Waals surface area (Å²) < 4.78 is 22.9. The van der Waals surface area contributed by atoms with E-state index in [1.54, 1.807) is 20.8 Å². The average Bonchev–Trinajstić information content (AvgIpc) is 2.61. The fourth-order valence-corrected chi connectivity index (χ4v) is 1.73. The molecule has 0 saturated heterocycles. The van der Waals surface area contributed by atoms with Crippen molar-refractivity contribution >= 4 is 27.8 Å². The van der Waals surface area contributed by atoms with Crippen molar-refractivity contribution in [3.63, 3.8) is 0 Å². The molecule has 1 heterocycles. The van der Waals surface area contributed by atoms with E-state index in [-0.39, 0.29) is 16.0 Å². The van der Waals surface area contributed by atoms with E-state index < -0.39 is 18.2 Å². The van der Waals surface area contributed by atoms with Crippen LogP contribution in [0.2, 0.25) is 0 Å². The van der Waals surface area contributed by atoms with E-state index >= 15 is 0 Å². The van der Waals surface area contributed by atoms with E-state index in [0.717, 1.165) is 4.90 Å². The van der Waals surface area contributed by atoms with Crippen molar-refractivity contribution in [1.82, 2.24) is 14.7 Å². The van der Waals surface area contributed by atoms with Crippen molar-refractivity contribution in [2.24, 2.45) is 7.05 Å². The first-order valence-electron chi connectivity index (χ1n) is 6.49. The summed E-state index contributed by atoms with van der Waals surface area (Å²) in [7, 11) is 2.82. The highest BCUT2D eigenvalue weighted by Crippen LogP contribution is 2.29. The second-order valence-corrected chi connectivity index (χ2v) is 5.67. The molecular formula is C12H17BrN4O2. The van der Waals surface area contributed by atoms with Crippen molar-refractivity contribution in [3.8, 4) is 0 Å². The number of aromatic nitrogens is 2. The number of hydrogen-bond donors (Lipinski definition) is 0. The van der Waals surface area contributed by atoms with Gasteiger partial charge in [-0.15, -0.1) is 5.10 Å². The molecule has 1 amide bonds. The Morgan fingerprint density at radius 3 is 2.68 bits per heavy atom. The molecule has 0 fully saturated rings. The van der Waals surface area contributed by atoms with Crippen molar-refractivity contribution < 1.29 is 12.3 Å². The molecule has 7 heteroatoms. The molecule has 1 aromatic heterocycles. The molecule has 0 aromatic carbocycles. The molecule has 0 spiro atoms. The lowest BCUT2D eigenvalue weighted by Gasteiger charge is -2.24. The largest absolute Gasteiger partial charge is 0.444 e. The van der Waals surface area contributed by atoms with Gasteiger partial charge in [0.2, 0.25) is 0 Å². The Bertz CT molecular complexity index is 602. The molecule has 0 aliphatic carbocycles. The summed E-state index contributed by atoms with van der Waals surface area (Å²) in [5.74, 6) is 0.159. The fraction of sp³-hybridized carbons (Fsp3) is 0.583. The van der Waals surface area contributed by atoms with Crippen LogP contribution >= 0.6 is 15.9 Å². The van der Waals surface area contributed by atoms with E-state index in [4.69, 9.17) is 14.1 Å². The van der Waals surface area contributed by atoms with E-state index in [1.165, 1.54) is 18.8 Å². The number of rotatable bonds is 2. The maximum Gasteiger partial charge on any atom is 0.410 e. The highest BCUT2D eigenvalue weighted by molar-refractivity contribution is 9.10. The van der Waals surface area contributed by atoms with Crippen LogP contribution in [-0.2, 0) is 18.3 Å². The Balaban J connectivity index is 3.17. The zero-order valence-electron chi connectivity index (χ0n) is 13.5. The number of ether oxygens (including phenoxy) is 1. The van der Waals surface area contributed by atoms with Crippen molar-refractivity contribution in [2.75, 3.05) is 7.05 Å². The van der Waals surface area contributed by atoms with Crippen LogP contribution in [0.3, 0.4) is 0 Å². The molecule has 6 nitrogen and oxygen atoms in total. The van der Waals surface area contributed by atoms with Crippen molar-refractivity contribution in [3.05, 3.63) is 21.6 Å². The summed E-state index contributed by atoms with van der Waals surface area (Å²) in [4.78, 5) is 16.1. The summed E-state index contributed by atoms with van der Waals surface area (Å²) in [6.07, 6.45) is -0.811. The molecule has 0 unspecified atom stereocenters. The summed E-state index contributed by atoms with van der Waals surface area (Å²) >= 11 is 3.16. The number of aryl methyl sites for hydroxylation is 1. The minimum absolute atomic E-state index is 0.0515. The Hall–Kier alpha value is -1.55. The molecule has 0 atom stereocenters. The van der Waals surface area contributed by atoms with Gasteiger partial charge in [-0.05, 0) is 20.8 Å². The SMILES string of the molecule is [2H]C([2H])(c1nn(C)c([N+]#[C-])c1Br)N(C)C(=O)OC(C)(C)C. The minimum atomic E-state index is -2.22. The first kappa shape index (κ1) is 12.5. The topological polar surface area (TPSA) is 51.7 Å². The maximum atomic E-state index is 12.0. The molecule has 0 N–H and O–H groups in total. The molecule has 1 rings (SSSR count). The van der Waals surface area contributed by atoms with E-state index in [2.05, 4.69) is 25.9 Å². The highest BCUT2D eigenvalue weighted by atomic mass is 79.9. The fourth-order valence-electron chi connectivity index (χ4n) is 1.22. The third-order valence-corrected chi connectivity index (χ3v) is 2.74. The van der Waals surface area contributed by atoms with Crippen molar-refractivity contribution in [2.45, 2.75) is 32.9 Å². The van der Waals surface area contributed by atoms with Crippen LogP contribution in [0.5, 0.6) is 0 Å². The number of amides is 1. The van der Waals surface area contributed by atoms with Crippen LogP contribution in [0, 0.1) is 6.57 Å². The van der Waals surface area contributed by atoms with Gasteiger partial charge in [0.25, 0.3) is 5.82 Å². The van der Waals surface area contributed by atoms with Gasteiger partial charge < -0.3 is 14.5 Å². The van der Waals surface area contributed by atoms with Crippen LogP contribution < -0.4 is 0 Å². The Kier molecular flexibility index (Phi) is 3.69. The lowest BCUT2D eigenvalue weighted by Crippen LogP contribution is -2.34. The zero-order chi connectivity index (χ0) is 16.6. The molecule has 1 aromatic rings. The highest BCUT2D eigenvalue weighted by Gasteiger charge is 2.22. The first-order valence-corrected chi connectivity index (χ1v) is 6.28. The second-order valence-electron chi connectivity index (χ2n) is 4.87. The standard InChI is InChI=1S/C12H17BrN4O2/c1-12(2,3)19-11(18)16(5)7-8-9(13)10(14-4)17(6)15-8/h7H2,1-3,5-6H3/i7D2. The normalized spacial score (nSPS) is 13.3. The zero-order valence-corrected chi connectivity index (χ0v) is 13.1. The monoisotopic (exact) mass is 330 g/mol. The number of hydrogen-bond acceptors (Lipinski definition) is 3. The van der Waals surface area contributed by atoms with Gasteiger partial charge in [0.05, 0.1) is 20.8 Å². The van der Waals surface area contributed by atoms with Gasteiger partial charge >= 0.3 is 6.09 Å². The molecular weight excluding hydrogens is 312 g/mol. The van der Waals surface area contributed by atoms with Crippen LogP contribution in [-0.4, -0.2) is 33.4 Å². The van der Waals surface area contributed by atoms with Gasteiger partial charge in [0.1, 0.15) is 11.3 Å². The number of halogens is 1. The summed E-state index contributed by atoms with van der Waals surface area (Å²) in [6.45, 7) is 9.93. The molecule has 0 aliphatic rings. The lowest BCUT2D eigenvalue weighted by atomic mass is 10.2. The molecule has 0 saturated carbocycles. The molecule has 104 valence electrons. The Morgan fingerprint density at radius 1 is 1.68 bits per heavy atom. The summed E-state index contributed by atoms with van der Waals surface area (Å²) in [6, 6.07) is 0. The van der Waals surface area contributed by atoms with Crippen molar-refractivity contribution in [1.29, 1.82) is 0 Å². The average molecular weight is 331 g/mol. The molecule has 19 heavy (non-hydrogen) atoms. The number of carbonyl (C=O) groups is 1. The predicted octanol–water partition coefficient (Wildman–Crippen LogP) is 3.10. The van der Waals surface area contributed by atoms with Gasteiger partial charge in [-0.2, -0.15) is 4.68 Å². The molecule has 0 radical (unpaired) electrons. The van der Waals surface area contributed by atoms with Crippen LogP contribution in [0.4, 0.5) is 10.6 Å². The van der Waals surface area contributed by atoms with Gasteiger partial charge in [0, 0.05) is 7.05 Å². The van der Waals surface area contributed by atoms with Gasteiger partial charge in [0.15, 0.2) is 0 Å². The molecule has 0 aliphatic heterocycles. The lowest BCUT2D eigenvalue weighted by molar-refractivity contribution is 0.0282. The van der Waals surface area contributed by atoms with Crippen LogP contribution in [0.15, 0.2) is 4.47 Å².